The minimum atomic E-state index is -0.842. The first-order chi connectivity index (χ1) is 12.7. The van der Waals surface area contributed by atoms with Gasteiger partial charge in [0.1, 0.15) is 11.4 Å². The van der Waals surface area contributed by atoms with Gasteiger partial charge in [-0.15, -0.1) is 0 Å². The van der Waals surface area contributed by atoms with Crippen molar-refractivity contribution in [2.24, 2.45) is 0 Å². The summed E-state index contributed by atoms with van der Waals surface area (Å²) in [7, 11) is 0. The summed E-state index contributed by atoms with van der Waals surface area (Å²) in [4.78, 5) is 29.2. The second-order valence-electron chi connectivity index (χ2n) is 7.05. The Morgan fingerprint density at radius 1 is 1.44 bits per heavy atom. The van der Waals surface area contributed by atoms with E-state index in [-0.39, 0.29) is 18.8 Å². The van der Waals surface area contributed by atoms with E-state index in [1.807, 2.05) is 0 Å². The summed E-state index contributed by atoms with van der Waals surface area (Å²) < 4.78 is 6.96. The summed E-state index contributed by atoms with van der Waals surface area (Å²) >= 11 is 0. The van der Waals surface area contributed by atoms with Crippen molar-refractivity contribution in [1.82, 2.24) is 14.9 Å². The van der Waals surface area contributed by atoms with E-state index >= 15 is 0 Å². The maximum atomic E-state index is 12.5. The van der Waals surface area contributed by atoms with E-state index in [0.717, 1.165) is 11.1 Å². The van der Waals surface area contributed by atoms with Crippen molar-refractivity contribution < 1.29 is 19.7 Å². The third-order valence-corrected chi connectivity index (χ3v) is 4.56. The normalized spacial score (nSPS) is 16.4. The molecule has 144 valence electrons. The molecule has 0 radical (unpaired) electrons. The predicted octanol–water partition coefficient (Wildman–Crippen LogP) is 1.20. The number of carbonyl (C=O) groups is 1. The molecule has 0 spiro atoms. The second kappa shape index (κ2) is 7.13. The number of fused-ring (bicyclic) bond motifs is 1. The second-order valence-corrected chi connectivity index (χ2v) is 7.05. The lowest BCUT2D eigenvalue weighted by molar-refractivity contribution is -0.0566. The molecule has 1 aromatic heterocycles. The van der Waals surface area contributed by atoms with Crippen molar-refractivity contribution in [3.8, 4) is 5.75 Å². The fraction of sp³-hybridized carbons (Fsp3) is 0.421. The first-order valence-electron chi connectivity index (χ1n) is 8.74. The summed E-state index contributed by atoms with van der Waals surface area (Å²) in [6.45, 7) is 5.93. The quantitative estimate of drug-likeness (QED) is 0.742. The van der Waals surface area contributed by atoms with Gasteiger partial charge in [-0.3, -0.25) is 14.2 Å². The average molecular weight is 373 g/mol. The summed E-state index contributed by atoms with van der Waals surface area (Å²) in [6, 6.07) is 7.15. The van der Waals surface area contributed by atoms with E-state index in [0.29, 0.717) is 12.4 Å². The standard InChI is InChI=1S/C19H23N3O5/c1-11(23)13-6-4-5-12(9-13)10-20-16(25)14-15(24)17(26)22-7-8-27-19(2,3)18(22)21-14/h4-6,9,11,23-24H,7-8,10H2,1-3H3,(H,20,25). The molecule has 0 aliphatic carbocycles. The fourth-order valence-corrected chi connectivity index (χ4v) is 3.06. The first kappa shape index (κ1) is 19.1. The number of hydrogen-bond acceptors (Lipinski definition) is 6. The average Bonchev–Trinajstić information content (AvgIpc) is 2.63. The lowest BCUT2D eigenvalue weighted by atomic mass is 10.1. The van der Waals surface area contributed by atoms with Crippen LogP contribution in [0.15, 0.2) is 29.1 Å². The highest BCUT2D eigenvalue weighted by atomic mass is 16.5. The molecule has 3 N–H and O–H groups in total. The molecule has 27 heavy (non-hydrogen) atoms. The van der Waals surface area contributed by atoms with E-state index in [1.165, 1.54) is 4.57 Å². The maximum Gasteiger partial charge on any atom is 0.296 e. The number of amides is 1. The van der Waals surface area contributed by atoms with Crippen LogP contribution in [0.25, 0.3) is 0 Å². The molecule has 1 unspecified atom stereocenters. The zero-order chi connectivity index (χ0) is 19.8. The van der Waals surface area contributed by atoms with Gasteiger partial charge in [0.05, 0.1) is 19.3 Å². The highest BCUT2D eigenvalue weighted by molar-refractivity contribution is 5.94. The molecule has 3 rings (SSSR count). The SMILES string of the molecule is CC(O)c1cccc(CNC(=O)c2nc3n(c(=O)c2O)CCOC3(C)C)c1. The lowest BCUT2D eigenvalue weighted by Gasteiger charge is -2.32. The molecule has 2 heterocycles. The molecule has 0 fully saturated rings. The number of ether oxygens (including phenoxy) is 1. The number of aromatic hydroxyl groups is 1. The predicted molar refractivity (Wildman–Crippen MR) is 97.4 cm³/mol. The Labute approximate surface area is 156 Å². The van der Waals surface area contributed by atoms with Crippen molar-refractivity contribution in [3.63, 3.8) is 0 Å². The molecule has 8 nitrogen and oxygen atoms in total. The summed E-state index contributed by atoms with van der Waals surface area (Å²) in [5.41, 5.74) is -0.312. The molecule has 8 heteroatoms. The topological polar surface area (TPSA) is 114 Å². The molecular formula is C19H23N3O5. The van der Waals surface area contributed by atoms with E-state index in [4.69, 9.17) is 4.74 Å². The molecule has 1 aliphatic rings. The van der Waals surface area contributed by atoms with Gasteiger partial charge in [-0.1, -0.05) is 24.3 Å². The molecule has 2 aromatic rings. The molecule has 0 saturated carbocycles. The van der Waals surface area contributed by atoms with E-state index < -0.39 is 28.9 Å². The largest absolute Gasteiger partial charge is 0.501 e. The minimum absolute atomic E-state index is 0.166. The van der Waals surface area contributed by atoms with Gasteiger partial charge >= 0.3 is 0 Å². The number of hydrogen-bond donors (Lipinski definition) is 3. The zero-order valence-electron chi connectivity index (χ0n) is 15.5. The van der Waals surface area contributed by atoms with Crippen molar-refractivity contribution in [2.45, 2.75) is 45.6 Å². The Bertz CT molecular complexity index is 933. The number of benzene rings is 1. The lowest BCUT2D eigenvalue weighted by Crippen LogP contribution is -2.42. The number of aliphatic hydroxyl groups is 1. The van der Waals surface area contributed by atoms with Gasteiger partial charge in [0.25, 0.3) is 11.5 Å². The fourth-order valence-electron chi connectivity index (χ4n) is 3.06. The molecule has 1 aliphatic heterocycles. The van der Waals surface area contributed by atoms with Gasteiger partial charge in [0.15, 0.2) is 5.69 Å². The van der Waals surface area contributed by atoms with Crippen LogP contribution in [0.2, 0.25) is 0 Å². The van der Waals surface area contributed by atoms with Gasteiger partial charge in [0.2, 0.25) is 5.75 Å². The molecular weight excluding hydrogens is 350 g/mol. The maximum absolute atomic E-state index is 12.5. The minimum Gasteiger partial charge on any atom is -0.501 e. The molecule has 1 atom stereocenters. The molecule has 0 saturated heterocycles. The van der Waals surface area contributed by atoms with Crippen LogP contribution in [-0.2, 0) is 23.4 Å². The van der Waals surface area contributed by atoms with Crippen LogP contribution in [0.1, 0.15) is 54.3 Å². The Morgan fingerprint density at radius 2 is 2.19 bits per heavy atom. The van der Waals surface area contributed by atoms with Crippen molar-refractivity contribution >= 4 is 5.91 Å². The number of aromatic nitrogens is 2. The summed E-state index contributed by atoms with van der Waals surface area (Å²) in [5, 5.41) is 22.5. The van der Waals surface area contributed by atoms with Gasteiger partial charge in [-0.2, -0.15) is 0 Å². The third-order valence-electron chi connectivity index (χ3n) is 4.56. The van der Waals surface area contributed by atoms with E-state index in [1.54, 1.807) is 45.0 Å². The first-order valence-corrected chi connectivity index (χ1v) is 8.74. The molecule has 1 amide bonds. The zero-order valence-corrected chi connectivity index (χ0v) is 15.5. The van der Waals surface area contributed by atoms with Gasteiger partial charge in [-0.25, -0.2) is 4.98 Å². The van der Waals surface area contributed by atoms with Crippen LogP contribution in [0, 0.1) is 0 Å². The number of carbonyl (C=O) groups excluding carboxylic acids is 1. The van der Waals surface area contributed by atoms with Crippen LogP contribution >= 0.6 is 0 Å². The van der Waals surface area contributed by atoms with E-state index in [2.05, 4.69) is 10.3 Å². The Morgan fingerprint density at radius 3 is 2.89 bits per heavy atom. The van der Waals surface area contributed by atoms with Gasteiger partial charge in [0, 0.05) is 6.54 Å². The van der Waals surface area contributed by atoms with Crippen molar-refractivity contribution in [2.75, 3.05) is 6.61 Å². The molecule has 0 bridgehead atoms. The summed E-state index contributed by atoms with van der Waals surface area (Å²) in [5.74, 6) is -1.03. The Hall–Kier alpha value is -2.71. The highest BCUT2D eigenvalue weighted by Crippen LogP contribution is 2.27. The number of nitrogens with zero attached hydrogens (tertiary/aromatic N) is 2. The van der Waals surface area contributed by atoms with Crippen LogP contribution in [-0.4, -0.2) is 32.3 Å². The van der Waals surface area contributed by atoms with Crippen LogP contribution in [0.4, 0.5) is 0 Å². The monoisotopic (exact) mass is 373 g/mol. The molecule has 1 aromatic carbocycles. The third kappa shape index (κ3) is 3.72. The Balaban J connectivity index is 1.86. The van der Waals surface area contributed by atoms with Crippen molar-refractivity contribution in [3.05, 3.63) is 57.3 Å². The van der Waals surface area contributed by atoms with Crippen LogP contribution < -0.4 is 10.9 Å². The van der Waals surface area contributed by atoms with E-state index in [9.17, 15) is 19.8 Å². The Kier molecular flexibility index (Phi) is 5.03. The van der Waals surface area contributed by atoms with Crippen LogP contribution in [0.3, 0.4) is 0 Å². The number of rotatable bonds is 4. The number of nitrogens with one attached hydrogen (secondary N) is 1. The van der Waals surface area contributed by atoms with Gasteiger partial charge < -0.3 is 20.3 Å². The number of aliphatic hydroxyl groups excluding tert-OH is 1. The van der Waals surface area contributed by atoms with Crippen molar-refractivity contribution in [1.29, 1.82) is 0 Å². The smallest absolute Gasteiger partial charge is 0.296 e. The van der Waals surface area contributed by atoms with Gasteiger partial charge in [-0.05, 0) is 31.9 Å². The summed E-state index contributed by atoms with van der Waals surface area (Å²) in [6.07, 6.45) is -0.616. The van der Waals surface area contributed by atoms with Crippen LogP contribution in [0.5, 0.6) is 5.75 Å². The highest BCUT2D eigenvalue weighted by Gasteiger charge is 2.34.